The zero-order chi connectivity index (χ0) is 43.6. The summed E-state index contributed by atoms with van der Waals surface area (Å²) in [5.74, 6) is -0.272. The lowest BCUT2D eigenvalue weighted by Crippen LogP contribution is -2.57. The number of aliphatic hydroxyl groups is 2. The van der Waals surface area contributed by atoms with Gasteiger partial charge in [0.15, 0.2) is 0 Å². The standard InChI is InChI=1S/C47H63N5O8S/c1-27-42(61-26-50-27)29-11-9-28(10-12-29)23-49-44(58)36-21-32(54)24-52(36)45(59)43(46(2,3)4)51-39(56)8-6-7-19-48-40(57)25-60-37-22-47(5)35(17-18-38(47)55)34-15-13-30-20-31(53)14-16-33(30)41(34)37/h9-12,14,16,20,26,32,34-38,41,43,53-55H,6-8,13,15,17-19,21-25H2,1-5H3,(H,48,57)(H,49,58)(H,51,56). The summed E-state index contributed by atoms with van der Waals surface area (Å²) in [7, 11) is 0. The minimum atomic E-state index is -0.927. The van der Waals surface area contributed by atoms with Crippen molar-refractivity contribution in [1.29, 1.82) is 0 Å². The Bertz CT molecular complexity index is 2070. The summed E-state index contributed by atoms with van der Waals surface area (Å²) in [6.07, 6.45) is 4.01. The fourth-order valence-corrected chi connectivity index (χ4v) is 11.4. The van der Waals surface area contributed by atoms with E-state index in [1.807, 2.05) is 69.6 Å². The summed E-state index contributed by atoms with van der Waals surface area (Å²) in [5.41, 5.74) is 6.08. The molecule has 0 radical (unpaired) electrons. The van der Waals surface area contributed by atoms with E-state index < -0.39 is 35.6 Å². The number of thiazole rings is 1. The normalized spacial score (nSPS) is 27.4. The number of phenolic OH excluding ortho intramolecular Hbond substituents is 1. The van der Waals surface area contributed by atoms with Crippen LogP contribution < -0.4 is 16.0 Å². The van der Waals surface area contributed by atoms with Crippen LogP contribution >= 0.6 is 11.3 Å². The van der Waals surface area contributed by atoms with Crippen LogP contribution in [0.2, 0.25) is 0 Å². The van der Waals surface area contributed by atoms with Gasteiger partial charge in [0.05, 0.1) is 34.4 Å². The van der Waals surface area contributed by atoms with Crippen LogP contribution in [-0.4, -0.2) is 98.9 Å². The fourth-order valence-electron chi connectivity index (χ4n) is 10.6. The summed E-state index contributed by atoms with van der Waals surface area (Å²) in [4.78, 5) is 60.6. The van der Waals surface area contributed by atoms with Gasteiger partial charge in [-0.2, -0.15) is 0 Å². The first kappa shape index (κ1) is 44.7. The number of aryl methyl sites for hydroxylation is 2. The van der Waals surface area contributed by atoms with Gasteiger partial charge in [0.25, 0.3) is 0 Å². The molecular weight excluding hydrogens is 795 g/mol. The number of carbonyl (C=O) groups excluding carboxylic acids is 4. The predicted molar refractivity (Wildman–Crippen MR) is 232 cm³/mol. The molecule has 0 bridgehead atoms. The number of aromatic hydroxyl groups is 1. The van der Waals surface area contributed by atoms with Gasteiger partial charge in [-0.1, -0.05) is 58.0 Å². The molecule has 9 unspecified atom stereocenters. The number of hydrogen-bond donors (Lipinski definition) is 6. The number of hydrogen-bond acceptors (Lipinski definition) is 10. The Morgan fingerprint density at radius 1 is 1.02 bits per heavy atom. The van der Waals surface area contributed by atoms with Gasteiger partial charge in [-0.05, 0) is 109 Å². The third-order valence-electron chi connectivity index (χ3n) is 13.9. The van der Waals surface area contributed by atoms with E-state index in [9.17, 15) is 34.5 Å². The Labute approximate surface area is 363 Å². The van der Waals surface area contributed by atoms with Gasteiger partial charge in [-0.25, -0.2) is 4.98 Å². The van der Waals surface area contributed by atoms with E-state index in [0.717, 1.165) is 52.9 Å². The van der Waals surface area contributed by atoms with Crippen LogP contribution in [0, 0.1) is 29.6 Å². The predicted octanol–water partition coefficient (Wildman–Crippen LogP) is 5.13. The average molecular weight is 858 g/mol. The molecule has 61 heavy (non-hydrogen) atoms. The van der Waals surface area contributed by atoms with Crippen molar-refractivity contribution >= 4 is 35.0 Å². The molecule has 3 aromatic rings. The second-order valence-corrected chi connectivity index (χ2v) is 20.0. The van der Waals surface area contributed by atoms with Crippen LogP contribution in [-0.2, 0) is 36.9 Å². The summed E-state index contributed by atoms with van der Waals surface area (Å²) in [6.45, 7) is 10.2. The lowest BCUT2D eigenvalue weighted by Gasteiger charge is -2.53. The number of fused-ring (bicyclic) bond motifs is 5. The number of amides is 4. The maximum absolute atomic E-state index is 14.0. The Morgan fingerprint density at radius 2 is 1.79 bits per heavy atom. The highest BCUT2D eigenvalue weighted by Crippen LogP contribution is 2.61. The summed E-state index contributed by atoms with van der Waals surface area (Å²) >= 11 is 1.57. The van der Waals surface area contributed by atoms with Gasteiger partial charge in [-0.15, -0.1) is 11.3 Å². The van der Waals surface area contributed by atoms with E-state index in [-0.39, 0.29) is 73.4 Å². The van der Waals surface area contributed by atoms with E-state index in [2.05, 4.69) is 27.9 Å². The van der Waals surface area contributed by atoms with Gasteiger partial charge in [0, 0.05) is 38.4 Å². The summed E-state index contributed by atoms with van der Waals surface area (Å²) < 4.78 is 6.41. The number of aliphatic hydroxyl groups excluding tert-OH is 2. The van der Waals surface area contributed by atoms with E-state index in [1.54, 1.807) is 17.4 Å². The minimum absolute atomic E-state index is 0.00665. The number of β-amino-alcohol motifs (C(OH)–C–C–N with tert-alkyl or cyclic N) is 1. The Balaban J connectivity index is 0.867. The number of unbranched alkanes of at least 4 members (excludes halogenated alkanes) is 1. The van der Waals surface area contributed by atoms with Crippen molar-refractivity contribution < 1.29 is 39.2 Å². The molecule has 6 N–H and O–H groups in total. The smallest absolute Gasteiger partial charge is 0.246 e. The topological polar surface area (TPSA) is 190 Å². The Morgan fingerprint density at radius 3 is 2.51 bits per heavy atom. The number of carbonyl (C=O) groups is 4. The van der Waals surface area contributed by atoms with Crippen molar-refractivity contribution in [3.05, 3.63) is 70.4 Å². The van der Waals surface area contributed by atoms with Crippen LogP contribution in [0.15, 0.2) is 48.0 Å². The van der Waals surface area contributed by atoms with E-state index >= 15 is 0 Å². The van der Waals surface area contributed by atoms with E-state index in [1.165, 1.54) is 10.5 Å². The van der Waals surface area contributed by atoms with Crippen LogP contribution in [0.5, 0.6) is 5.75 Å². The van der Waals surface area contributed by atoms with E-state index in [4.69, 9.17) is 4.74 Å². The Hall–Kier alpha value is -4.37. The van der Waals surface area contributed by atoms with Crippen molar-refractivity contribution in [2.45, 2.75) is 135 Å². The zero-order valence-corrected chi connectivity index (χ0v) is 36.9. The molecule has 2 saturated carbocycles. The third kappa shape index (κ3) is 9.82. The first-order valence-corrected chi connectivity index (χ1v) is 22.8. The quantitative estimate of drug-likeness (QED) is 0.119. The molecule has 2 heterocycles. The highest BCUT2D eigenvalue weighted by atomic mass is 32.1. The molecule has 1 aliphatic heterocycles. The molecule has 330 valence electrons. The number of phenols is 1. The van der Waals surface area contributed by atoms with Crippen LogP contribution in [0.25, 0.3) is 10.4 Å². The number of aromatic nitrogens is 1. The monoisotopic (exact) mass is 857 g/mol. The minimum Gasteiger partial charge on any atom is -0.508 e. The zero-order valence-electron chi connectivity index (χ0n) is 36.1. The number of nitrogens with zero attached hydrogens (tertiary/aromatic N) is 2. The third-order valence-corrected chi connectivity index (χ3v) is 14.9. The van der Waals surface area contributed by atoms with Crippen LogP contribution in [0.4, 0.5) is 0 Å². The summed E-state index contributed by atoms with van der Waals surface area (Å²) in [5, 5.41) is 40.6. The first-order valence-electron chi connectivity index (χ1n) is 22.0. The Kier molecular flexibility index (Phi) is 13.6. The maximum Gasteiger partial charge on any atom is 0.246 e. The van der Waals surface area contributed by atoms with Crippen molar-refractivity contribution in [3.8, 4) is 16.2 Å². The lowest BCUT2D eigenvalue weighted by atomic mass is 9.54. The van der Waals surface area contributed by atoms with Gasteiger partial charge in [0.2, 0.25) is 23.6 Å². The number of rotatable bonds is 14. The second kappa shape index (κ2) is 18.5. The molecule has 4 aliphatic rings. The molecule has 4 amide bonds. The van der Waals surface area contributed by atoms with Crippen molar-refractivity contribution in [2.24, 2.45) is 22.7 Å². The van der Waals surface area contributed by atoms with Gasteiger partial charge in [-0.3, -0.25) is 19.2 Å². The lowest BCUT2D eigenvalue weighted by molar-refractivity contribution is -0.144. The van der Waals surface area contributed by atoms with Crippen molar-refractivity contribution in [1.82, 2.24) is 25.8 Å². The van der Waals surface area contributed by atoms with Gasteiger partial charge >= 0.3 is 0 Å². The van der Waals surface area contributed by atoms with Crippen molar-refractivity contribution in [2.75, 3.05) is 19.7 Å². The molecule has 2 aromatic carbocycles. The molecule has 13 nitrogen and oxygen atoms in total. The molecule has 3 fully saturated rings. The van der Waals surface area contributed by atoms with Crippen LogP contribution in [0.3, 0.4) is 0 Å². The molecule has 0 spiro atoms. The first-order chi connectivity index (χ1) is 29.0. The highest BCUT2D eigenvalue weighted by Gasteiger charge is 2.58. The molecule has 1 saturated heterocycles. The maximum atomic E-state index is 14.0. The highest BCUT2D eigenvalue weighted by molar-refractivity contribution is 7.13. The SMILES string of the molecule is Cc1ncsc1-c1ccc(CNC(=O)C2CC(O)CN2C(=O)C(NC(=O)CCCCNC(=O)COC2CC3(C)C(O)CCC3C3CCc4cc(O)ccc4C23)C(C)(C)C)cc1. The largest absolute Gasteiger partial charge is 0.508 e. The number of nitrogens with one attached hydrogen (secondary N) is 3. The second-order valence-electron chi connectivity index (χ2n) is 19.1. The molecular formula is C47H63N5O8S. The molecule has 1 aromatic heterocycles. The molecule has 14 heteroatoms. The molecule has 9 atom stereocenters. The summed E-state index contributed by atoms with van der Waals surface area (Å²) in [6, 6.07) is 11.7. The molecule has 7 rings (SSSR count). The number of benzene rings is 2. The average Bonchev–Trinajstić information content (AvgIpc) is 3.92. The van der Waals surface area contributed by atoms with Crippen molar-refractivity contribution in [3.63, 3.8) is 0 Å². The van der Waals surface area contributed by atoms with Gasteiger partial charge < -0.3 is 40.9 Å². The molecule has 3 aliphatic carbocycles. The fraction of sp³-hybridized carbons (Fsp3) is 0.596. The van der Waals surface area contributed by atoms with Crippen LogP contribution in [0.1, 0.15) is 107 Å². The number of likely N-dealkylation sites (tertiary alicyclic amines) is 1. The van der Waals surface area contributed by atoms with E-state index in [0.29, 0.717) is 37.6 Å². The van der Waals surface area contributed by atoms with Gasteiger partial charge in [0.1, 0.15) is 24.4 Å². The number of ether oxygens (including phenoxy) is 1.